The molecule has 6 heteroatoms. The number of rotatable bonds is 5. The molecule has 28 heavy (non-hydrogen) atoms. The fraction of sp³-hybridized carbons (Fsp3) is 0.318. The van der Waals surface area contributed by atoms with Crippen LogP contribution < -0.4 is 4.74 Å². The third-order valence-electron chi connectivity index (χ3n) is 5.02. The number of pyridine rings is 1. The lowest BCUT2D eigenvalue weighted by Crippen LogP contribution is -2.39. The van der Waals surface area contributed by atoms with Crippen LogP contribution in [0.3, 0.4) is 0 Å². The smallest absolute Gasteiger partial charge is 0.273 e. The van der Waals surface area contributed by atoms with Gasteiger partial charge in [0.1, 0.15) is 23.2 Å². The van der Waals surface area contributed by atoms with E-state index in [2.05, 4.69) is 9.97 Å². The van der Waals surface area contributed by atoms with Crippen LogP contribution in [0, 0.1) is 0 Å². The zero-order valence-electron chi connectivity index (χ0n) is 15.9. The van der Waals surface area contributed by atoms with Crippen molar-refractivity contribution in [3.05, 3.63) is 77.8 Å². The summed E-state index contributed by atoms with van der Waals surface area (Å²) in [5, 5.41) is 0. The Balaban J connectivity index is 1.53. The molecule has 1 amide bonds. The van der Waals surface area contributed by atoms with Gasteiger partial charge in [0, 0.05) is 19.2 Å². The molecule has 2 aromatic heterocycles. The van der Waals surface area contributed by atoms with E-state index in [0.29, 0.717) is 24.6 Å². The van der Waals surface area contributed by atoms with E-state index < -0.39 is 0 Å². The fourth-order valence-electron chi connectivity index (χ4n) is 3.61. The predicted octanol–water partition coefficient (Wildman–Crippen LogP) is 4.04. The van der Waals surface area contributed by atoms with Gasteiger partial charge in [0.15, 0.2) is 0 Å². The van der Waals surface area contributed by atoms with Gasteiger partial charge >= 0.3 is 0 Å². The zero-order valence-corrected chi connectivity index (χ0v) is 15.9. The number of carbonyl (C=O) groups excluding carboxylic acids is 1. The van der Waals surface area contributed by atoms with Crippen molar-refractivity contribution in [2.45, 2.75) is 31.7 Å². The molecular weight excluding hydrogens is 354 g/mol. The molecule has 3 aromatic rings. The summed E-state index contributed by atoms with van der Waals surface area (Å²) in [5.74, 6) is 2.12. The first-order valence-corrected chi connectivity index (χ1v) is 9.54. The van der Waals surface area contributed by atoms with E-state index in [-0.39, 0.29) is 11.9 Å². The number of nitrogens with zero attached hydrogens (tertiary/aromatic N) is 3. The summed E-state index contributed by atoms with van der Waals surface area (Å²) in [4.78, 5) is 23.5. The molecule has 1 atom stereocenters. The molecule has 0 unspecified atom stereocenters. The molecule has 1 aromatic carbocycles. The van der Waals surface area contributed by atoms with Gasteiger partial charge in [-0.2, -0.15) is 0 Å². The van der Waals surface area contributed by atoms with Gasteiger partial charge in [0.2, 0.25) is 5.89 Å². The molecule has 0 N–H and O–H groups in total. The normalized spacial score (nSPS) is 16.8. The van der Waals surface area contributed by atoms with Gasteiger partial charge in [-0.25, -0.2) is 4.98 Å². The Hall–Kier alpha value is -3.15. The van der Waals surface area contributed by atoms with Crippen molar-refractivity contribution in [2.75, 3.05) is 13.7 Å². The molecule has 1 aliphatic heterocycles. The first-order chi connectivity index (χ1) is 13.7. The van der Waals surface area contributed by atoms with E-state index in [9.17, 15) is 4.79 Å². The van der Waals surface area contributed by atoms with Crippen LogP contribution in [0.2, 0.25) is 0 Å². The van der Waals surface area contributed by atoms with E-state index in [1.165, 1.54) is 0 Å². The monoisotopic (exact) mass is 377 g/mol. The largest absolute Gasteiger partial charge is 0.497 e. The SMILES string of the molecule is COc1cccc(Cc2cnc([C@H]3CCCCN3C(=O)c3ccccn3)o2)c1. The lowest BCUT2D eigenvalue weighted by molar-refractivity contribution is 0.0564. The second kappa shape index (κ2) is 8.25. The maximum atomic E-state index is 12.9. The van der Waals surface area contributed by atoms with Gasteiger partial charge in [-0.05, 0) is 49.1 Å². The number of amides is 1. The molecule has 4 rings (SSSR count). The van der Waals surface area contributed by atoms with E-state index in [4.69, 9.17) is 9.15 Å². The summed E-state index contributed by atoms with van der Waals surface area (Å²) < 4.78 is 11.3. The third kappa shape index (κ3) is 3.91. The molecule has 1 aliphatic rings. The van der Waals surface area contributed by atoms with Crippen molar-refractivity contribution in [1.82, 2.24) is 14.9 Å². The summed E-state index contributed by atoms with van der Waals surface area (Å²) in [5.41, 5.74) is 1.55. The number of likely N-dealkylation sites (tertiary alicyclic amines) is 1. The summed E-state index contributed by atoms with van der Waals surface area (Å²) in [7, 11) is 1.65. The minimum Gasteiger partial charge on any atom is -0.497 e. The minimum absolute atomic E-state index is 0.0714. The molecular formula is C22H23N3O3. The first-order valence-electron chi connectivity index (χ1n) is 9.54. The van der Waals surface area contributed by atoms with E-state index in [1.807, 2.05) is 41.3 Å². The summed E-state index contributed by atoms with van der Waals surface area (Å²) >= 11 is 0. The van der Waals surface area contributed by atoms with Crippen LogP contribution in [0.15, 0.2) is 59.3 Å². The lowest BCUT2D eigenvalue weighted by Gasteiger charge is -2.33. The van der Waals surface area contributed by atoms with Crippen molar-refractivity contribution in [1.29, 1.82) is 0 Å². The number of hydrogen-bond acceptors (Lipinski definition) is 5. The van der Waals surface area contributed by atoms with Crippen molar-refractivity contribution < 1.29 is 13.9 Å². The molecule has 0 spiro atoms. The average molecular weight is 377 g/mol. The number of carbonyl (C=O) groups is 1. The van der Waals surface area contributed by atoms with Crippen LogP contribution >= 0.6 is 0 Å². The number of ether oxygens (including phenoxy) is 1. The molecule has 0 saturated carbocycles. The van der Waals surface area contributed by atoms with Crippen LogP contribution in [-0.4, -0.2) is 34.4 Å². The summed E-state index contributed by atoms with van der Waals surface area (Å²) in [6.45, 7) is 0.688. The number of piperidine rings is 1. The van der Waals surface area contributed by atoms with Crippen LogP contribution in [-0.2, 0) is 6.42 Å². The Labute approximate surface area is 164 Å². The predicted molar refractivity (Wildman–Crippen MR) is 104 cm³/mol. The Bertz CT molecular complexity index is 939. The van der Waals surface area contributed by atoms with Crippen LogP contribution in [0.25, 0.3) is 0 Å². The highest BCUT2D eigenvalue weighted by Gasteiger charge is 2.32. The fourth-order valence-corrected chi connectivity index (χ4v) is 3.61. The Morgan fingerprint density at radius 1 is 1.21 bits per heavy atom. The molecule has 3 heterocycles. The molecule has 0 bridgehead atoms. The van der Waals surface area contributed by atoms with E-state index in [0.717, 1.165) is 36.3 Å². The minimum atomic E-state index is -0.151. The van der Waals surface area contributed by atoms with Gasteiger partial charge in [-0.1, -0.05) is 18.2 Å². The standard InChI is InChI=1S/C22H23N3O3/c1-27-17-8-6-7-16(13-17)14-18-15-24-21(28-18)20-10-3-5-12-25(20)22(26)19-9-2-4-11-23-19/h2,4,6-9,11,13,15,20H,3,5,10,12,14H2,1H3/t20-/m1/s1. The number of oxazole rings is 1. The Kier molecular flexibility index (Phi) is 5.37. The molecule has 0 radical (unpaired) electrons. The average Bonchev–Trinajstić information content (AvgIpc) is 3.22. The van der Waals surface area contributed by atoms with Crippen molar-refractivity contribution >= 4 is 5.91 Å². The highest BCUT2D eigenvalue weighted by molar-refractivity contribution is 5.92. The highest BCUT2D eigenvalue weighted by atomic mass is 16.5. The van der Waals surface area contributed by atoms with Crippen molar-refractivity contribution in [3.8, 4) is 5.75 Å². The third-order valence-corrected chi connectivity index (χ3v) is 5.02. The highest BCUT2D eigenvalue weighted by Crippen LogP contribution is 2.32. The quantitative estimate of drug-likeness (QED) is 0.671. The molecule has 1 saturated heterocycles. The van der Waals surface area contributed by atoms with Crippen LogP contribution in [0.4, 0.5) is 0 Å². The van der Waals surface area contributed by atoms with Crippen molar-refractivity contribution in [2.24, 2.45) is 0 Å². The van der Waals surface area contributed by atoms with Gasteiger partial charge in [0.05, 0.1) is 13.3 Å². The van der Waals surface area contributed by atoms with Gasteiger partial charge in [-0.3, -0.25) is 9.78 Å². The van der Waals surface area contributed by atoms with E-state index >= 15 is 0 Å². The number of aromatic nitrogens is 2. The van der Waals surface area contributed by atoms with Crippen LogP contribution in [0.1, 0.15) is 53.0 Å². The number of hydrogen-bond donors (Lipinski definition) is 0. The second-order valence-corrected chi connectivity index (χ2v) is 6.92. The Morgan fingerprint density at radius 2 is 2.14 bits per heavy atom. The Morgan fingerprint density at radius 3 is 2.96 bits per heavy atom. The van der Waals surface area contributed by atoms with Gasteiger partial charge in [0.25, 0.3) is 5.91 Å². The summed E-state index contributed by atoms with van der Waals surface area (Å²) in [6, 6.07) is 13.1. The second-order valence-electron chi connectivity index (χ2n) is 6.92. The maximum absolute atomic E-state index is 12.9. The molecule has 6 nitrogen and oxygen atoms in total. The number of benzene rings is 1. The van der Waals surface area contributed by atoms with Crippen molar-refractivity contribution in [3.63, 3.8) is 0 Å². The maximum Gasteiger partial charge on any atom is 0.273 e. The number of methoxy groups -OCH3 is 1. The first kappa shape index (κ1) is 18.2. The molecule has 0 aliphatic carbocycles. The topological polar surface area (TPSA) is 68.5 Å². The summed E-state index contributed by atoms with van der Waals surface area (Å²) in [6.07, 6.45) is 6.90. The molecule has 144 valence electrons. The molecule has 1 fully saturated rings. The van der Waals surface area contributed by atoms with Gasteiger partial charge in [-0.15, -0.1) is 0 Å². The van der Waals surface area contributed by atoms with Gasteiger partial charge < -0.3 is 14.1 Å². The van der Waals surface area contributed by atoms with E-state index in [1.54, 1.807) is 25.6 Å². The van der Waals surface area contributed by atoms with Crippen LogP contribution in [0.5, 0.6) is 5.75 Å². The lowest BCUT2D eigenvalue weighted by atomic mass is 10.0. The zero-order chi connectivity index (χ0) is 19.3.